The Bertz CT molecular complexity index is 515. The lowest BCUT2D eigenvalue weighted by atomic mass is 9.96. The maximum absolute atomic E-state index is 11.9. The molecule has 0 aromatic carbocycles. The van der Waals surface area contributed by atoms with Crippen molar-refractivity contribution in [3.63, 3.8) is 0 Å². The van der Waals surface area contributed by atoms with Gasteiger partial charge in [0.25, 0.3) is 0 Å². The number of hydrogen-bond donors (Lipinski definition) is 4. The van der Waals surface area contributed by atoms with Crippen molar-refractivity contribution in [1.29, 1.82) is 0 Å². The van der Waals surface area contributed by atoms with Gasteiger partial charge in [0.15, 0.2) is 6.23 Å². The number of rotatable bonds is 3. The van der Waals surface area contributed by atoms with E-state index in [1.807, 2.05) is 0 Å². The molecule has 106 valence electrons. The van der Waals surface area contributed by atoms with E-state index < -0.39 is 36.3 Å². The average Bonchev–Trinajstić information content (AvgIpc) is 2.61. The smallest absolute Gasteiger partial charge is 0.351 e. The molecule has 1 saturated heterocycles. The minimum absolute atomic E-state index is 0.387. The molecule has 4 atom stereocenters. The second-order valence-electron chi connectivity index (χ2n) is 4.63. The Kier molecular flexibility index (Phi) is 3.59. The third-order valence-electron chi connectivity index (χ3n) is 3.27. The Morgan fingerprint density at radius 1 is 1.63 bits per heavy atom. The molecule has 1 aromatic heterocycles. The molecule has 0 amide bonds. The molecule has 2 unspecified atom stereocenters. The standard InChI is InChI=1S/C11H17N3O5/c1-11(18)8(16)6(5-15)19-9(11)14-4-3-7(12-2)13-10(14)17/h3-4,6,8-9,15-16,18H,5H2,1-2H3,(H,12,13,17)/t6-,8?,9-,11?/m1/s1. The maximum atomic E-state index is 11.9. The summed E-state index contributed by atoms with van der Waals surface area (Å²) in [5, 5.41) is 31.9. The first-order valence-electron chi connectivity index (χ1n) is 5.85. The Morgan fingerprint density at radius 3 is 2.79 bits per heavy atom. The van der Waals surface area contributed by atoms with Crippen molar-refractivity contribution >= 4 is 5.82 Å². The predicted molar refractivity (Wildman–Crippen MR) is 65.7 cm³/mol. The van der Waals surface area contributed by atoms with Gasteiger partial charge in [-0.3, -0.25) is 4.57 Å². The van der Waals surface area contributed by atoms with Crippen LogP contribution in [0.15, 0.2) is 17.1 Å². The van der Waals surface area contributed by atoms with Crippen LogP contribution in [-0.2, 0) is 4.74 Å². The monoisotopic (exact) mass is 271 g/mol. The van der Waals surface area contributed by atoms with Gasteiger partial charge in [0.1, 0.15) is 23.6 Å². The molecule has 2 rings (SSSR count). The van der Waals surface area contributed by atoms with E-state index in [4.69, 9.17) is 9.84 Å². The van der Waals surface area contributed by atoms with Crippen molar-refractivity contribution in [1.82, 2.24) is 9.55 Å². The third kappa shape index (κ3) is 2.23. The van der Waals surface area contributed by atoms with E-state index in [2.05, 4.69) is 10.3 Å². The molecule has 0 bridgehead atoms. The van der Waals surface area contributed by atoms with Gasteiger partial charge in [-0.1, -0.05) is 0 Å². The maximum Gasteiger partial charge on any atom is 0.351 e. The highest BCUT2D eigenvalue weighted by molar-refractivity contribution is 5.30. The lowest BCUT2D eigenvalue weighted by Gasteiger charge is -2.27. The minimum Gasteiger partial charge on any atom is -0.394 e. The lowest BCUT2D eigenvalue weighted by molar-refractivity contribution is -0.0986. The van der Waals surface area contributed by atoms with Crippen LogP contribution in [0.1, 0.15) is 13.2 Å². The van der Waals surface area contributed by atoms with Crippen LogP contribution < -0.4 is 11.0 Å². The summed E-state index contributed by atoms with van der Waals surface area (Å²) in [4.78, 5) is 15.6. The van der Waals surface area contributed by atoms with Gasteiger partial charge in [-0.25, -0.2) is 4.79 Å². The first-order valence-corrected chi connectivity index (χ1v) is 5.85. The van der Waals surface area contributed by atoms with Crippen LogP contribution in [-0.4, -0.2) is 56.3 Å². The number of aliphatic hydroxyl groups is 3. The molecule has 19 heavy (non-hydrogen) atoms. The van der Waals surface area contributed by atoms with E-state index in [0.717, 1.165) is 4.57 Å². The normalized spacial score (nSPS) is 34.5. The molecule has 2 heterocycles. The topological polar surface area (TPSA) is 117 Å². The highest BCUT2D eigenvalue weighted by Crippen LogP contribution is 2.37. The van der Waals surface area contributed by atoms with Gasteiger partial charge in [0, 0.05) is 13.2 Å². The van der Waals surface area contributed by atoms with Crippen LogP contribution in [0.4, 0.5) is 5.82 Å². The molecule has 0 aliphatic carbocycles. The summed E-state index contributed by atoms with van der Waals surface area (Å²) in [6.45, 7) is 0.890. The number of aliphatic hydroxyl groups excluding tert-OH is 2. The zero-order valence-corrected chi connectivity index (χ0v) is 10.6. The molecule has 1 aliphatic rings. The van der Waals surface area contributed by atoms with Crippen LogP contribution in [0.2, 0.25) is 0 Å². The van der Waals surface area contributed by atoms with E-state index >= 15 is 0 Å². The van der Waals surface area contributed by atoms with Crippen LogP contribution in [0.3, 0.4) is 0 Å². The van der Waals surface area contributed by atoms with Crippen LogP contribution >= 0.6 is 0 Å². The fraction of sp³-hybridized carbons (Fsp3) is 0.636. The Hall–Kier alpha value is -1.48. The second-order valence-corrected chi connectivity index (χ2v) is 4.63. The Balaban J connectivity index is 2.39. The fourth-order valence-electron chi connectivity index (χ4n) is 2.12. The first kappa shape index (κ1) is 13.9. The fourth-order valence-corrected chi connectivity index (χ4v) is 2.12. The largest absolute Gasteiger partial charge is 0.394 e. The summed E-state index contributed by atoms with van der Waals surface area (Å²) < 4.78 is 6.41. The van der Waals surface area contributed by atoms with E-state index in [1.165, 1.54) is 13.1 Å². The second kappa shape index (κ2) is 4.89. The van der Waals surface area contributed by atoms with Gasteiger partial charge in [-0.2, -0.15) is 4.98 Å². The van der Waals surface area contributed by atoms with E-state index in [1.54, 1.807) is 13.1 Å². The molecular formula is C11H17N3O5. The number of hydrogen-bond acceptors (Lipinski definition) is 7. The molecule has 0 spiro atoms. The number of ether oxygens (including phenoxy) is 1. The number of aromatic nitrogens is 2. The molecule has 0 radical (unpaired) electrons. The summed E-state index contributed by atoms with van der Waals surface area (Å²) in [7, 11) is 1.62. The van der Waals surface area contributed by atoms with Crippen molar-refractivity contribution in [2.45, 2.75) is 31.0 Å². The number of nitrogens with one attached hydrogen (secondary N) is 1. The molecule has 1 aliphatic heterocycles. The quantitative estimate of drug-likeness (QED) is 0.517. The van der Waals surface area contributed by atoms with Gasteiger partial charge in [0.2, 0.25) is 0 Å². The minimum atomic E-state index is -1.69. The van der Waals surface area contributed by atoms with E-state index in [0.29, 0.717) is 5.82 Å². The van der Waals surface area contributed by atoms with Gasteiger partial charge < -0.3 is 25.4 Å². The zero-order valence-electron chi connectivity index (χ0n) is 10.6. The molecule has 1 aromatic rings. The number of anilines is 1. The van der Waals surface area contributed by atoms with E-state index in [-0.39, 0.29) is 0 Å². The molecule has 8 heteroatoms. The molecule has 4 N–H and O–H groups in total. The van der Waals surface area contributed by atoms with Gasteiger partial charge >= 0.3 is 5.69 Å². The van der Waals surface area contributed by atoms with Crippen LogP contribution in [0.5, 0.6) is 0 Å². The van der Waals surface area contributed by atoms with Crippen molar-refractivity contribution < 1.29 is 20.1 Å². The highest BCUT2D eigenvalue weighted by Gasteiger charge is 2.53. The molecular weight excluding hydrogens is 254 g/mol. The lowest BCUT2D eigenvalue weighted by Crippen LogP contribution is -2.46. The van der Waals surface area contributed by atoms with Crippen LogP contribution in [0, 0.1) is 0 Å². The molecule has 8 nitrogen and oxygen atoms in total. The Morgan fingerprint density at radius 2 is 2.32 bits per heavy atom. The first-order chi connectivity index (χ1) is 8.91. The van der Waals surface area contributed by atoms with Gasteiger partial charge in [-0.15, -0.1) is 0 Å². The summed E-state index contributed by atoms with van der Waals surface area (Å²) in [6, 6.07) is 1.54. The zero-order chi connectivity index (χ0) is 14.2. The van der Waals surface area contributed by atoms with Crippen molar-refractivity contribution in [3.05, 3.63) is 22.7 Å². The van der Waals surface area contributed by atoms with Crippen molar-refractivity contribution in [3.8, 4) is 0 Å². The summed E-state index contributed by atoms with van der Waals surface area (Å²) in [5.41, 5.74) is -2.32. The van der Waals surface area contributed by atoms with Crippen molar-refractivity contribution in [2.75, 3.05) is 19.0 Å². The van der Waals surface area contributed by atoms with Gasteiger partial charge in [0.05, 0.1) is 6.61 Å². The van der Waals surface area contributed by atoms with E-state index in [9.17, 15) is 15.0 Å². The molecule has 1 fully saturated rings. The average molecular weight is 271 g/mol. The number of nitrogens with zero attached hydrogens (tertiary/aromatic N) is 2. The van der Waals surface area contributed by atoms with Gasteiger partial charge in [-0.05, 0) is 13.0 Å². The predicted octanol–water partition coefficient (Wildman–Crippen LogP) is -1.71. The summed E-state index contributed by atoms with van der Waals surface area (Å²) in [6.07, 6.45) is -1.94. The van der Waals surface area contributed by atoms with Crippen molar-refractivity contribution in [2.24, 2.45) is 0 Å². The third-order valence-corrected chi connectivity index (χ3v) is 3.27. The summed E-state index contributed by atoms with van der Waals surface area (Å²) >= 11 is 0. The summed E-state index contributed by atoms with van der Waals surface area (Å²) in [5.74, 6) is 0.387. The molecule has 0 saturated carbocycles. The SMILES string of the molecule is CNc1ccn([C@@H]2O[C@H](CO)C(O)C2(C)O)c(=O)n1. The Labute approximate surface area is 109 Å². The van der Waals surface area contributed by atoms with Crippen LogP contribution in [0.25, 0.3) is 0 Å². The highest BCUT2D eigenvalue weighted by atomic mass is 16.6.